The van der Waals surface area contributed by atoms with Crippen LogP contribution >= 0.6 is 11.6 Å². The van der Waals surface area contributed by atoms with Crippen molar-refractivity contribution in [3.8, 4) is 11.6 Å². The van der Waals surface area contributed by atoms with Crippen LogP contribution in [0.1, 0.15) is 0 Å². The molecule has 8 nitrogen and oxygen atoms in total. The molecule has 1 aliphatic rings. The average Bonchev–Trinajstić information content (AvgIpc) is 3.29. The van der Waals surface area contributed by atoms with E-state index in [1.165, 1.54) is 23.5 Å². The van der Waals surface area contributed by atoms with Crippen LogP contribution in [0.15, 0.2) is 59.8 Å². The Bertz CT molecular complexity index is 1080. The summed E-state index contributed by atoms with van der Waals surface area (Å²) in [5, 5.41) is 8.81. The summed E-state index contributed by atoms with van der Waals surface area (Å²) in [4.78, 5) is 2.19. The second kappa shape index (κ2) is 8.02. The van der Waals surface area contributed by atoms with Crippen molar-refractivity contribution < 1.29 is 13.2 Å². The molecule has 0 bridgehead atoms. The number of hydrogen-bond donors (Lipinski definition) is 0. The molecule has 29 heavy (non-hydrogen) atoms. The molecule has 0 saturated carbocycles. The van der Waals surface area contributed by atoms with Gasteiger partial charge in [-0.25, -0.2) is 8.42 Å². The first-order chi connectivity index (χ1) is 14.0. The Hall–Kier alpha value is -2.62. The van der Waals surface area contributed by atoms with Crippen LogP contribution in [0.5, 0.6) is 5.75 Å². The Kier molecular flexibility index (Phi) is 5.44. The Morgan fingerprint density at radius 2 is 1.62 bits per heavy atom. The first kappa shape index (κ1) is 19.7. The molecule has 0 atom stereocenters. The van der Waals surface area contributed by atoms with Gasteiger partial charge in [-0.2, -0.15) is 4.31 Å². The number of nitrogens with zero attached hydrogens (tertiary/aromatic N) is 5. The smallest absolute Gasteiger partial charge is 0.243 e. The van der Waals surface area contributed by atoms with Crippen molar-refractivity contribution in [3.05, 3.63) is 59.9 Å². The zero-order valence-corrected chi connectivity index (χ0v) is 17.3. The molecule has 2 aromatic heterocycles. The maximum atomic E-state index is 12.9. The van der Waals surface area contributed by atoms with Gasteiger partial charge in [0, 0.05) is 38.6 Å². The highest BCUT2D eigenvalue weighted by molar-refractivity contribution is 7.89. The van der Waals surface area contributed by atoms with Gasteiger partial charge in [-0.3, -0.25) is 0 Å². The van der Waals surface area contributed by atoms with E-state index in [-0.39, 0.29) is 9.92 Å². The number of sulfonamides is 1. The zero-order chi connectivity index (χ0) is 20.4. The number of rotatable bonds is 5. The van der Waals surface area contributed by atoms with Gasteiger partial charge in [0.15, 0.2) is 11.6 Å². The van der Waals surface area contributed by atoms with E-state index in [2.05, 4.69) is 10.2 Å². The highest BCUT2D eigenvalue weighted by Gasteiger charge is 2.29. The van der Waals surface area contributed by atoms with E-state index in [1.54, 1.807) is 6.07 Å². The van der Waals surface area contributed by atoms with Crippen molar-refractivity contribution in [1.82, 2.24) is 19.1 Å². The second-order valence-corrected chi connectivity index (χ2v) is 8.87. The predicted octanol–water partition coefficient (Wildman–Crippen LogP) is 2.44. The number of ether oxygens (including phenoxy) is 1. The molecule has 1 fully saturated rings. The van der Waals surface area contributed by atoms with Crippen molar-refractivity contribution in [2.24, 2.45) is 0 Å². The fourth-order valence-corrected chi connectivity index (χ4v) is 5.00. The number of aromatic nitrogens is 3. The third-order valence-electron chi connectivity index (χ3n) is 4.83. The normalized spacial score (nSPS) is 15.4. The highest BCUT2D eigenvalue weighted by atomic mass is 35.5. The van der Waals surface area contributed by atoms with Crippen molar-refractivity contribution in [3.63, 3.8) is 0 Å². The maximum absolute atomic E-state index is 12.9. The fraction of sp³-hybridized carbons (Fsp3) is 0.263. The molecule has 0 aliphatic carbocycles. The summed E-state index contributed by atoms with van der Waals surface area (Å²) in [5.74, 6) is 1.90. The largest absolute Gasteiger partial charge is 0.495 e. The topological polar surface area (TPSA) is 80.6 Å². The van der Waals surface area contributed by atoms with Crippen molar-refractivity contribution >= 4 is 27.4 Å². The summed E-state index contributed by atoms with van der Waals surface area (Å²) in [5.41, 5.74) is 0. The fourth-order valence-electron chi connectivity index (χ4n) is 3.23. The van der Waals surface area contributed by atoms with Crippen molar-refractivity contribution in [2.45, 2.75) is 4.90 Å². The molecule has 0 radical (unpaired) electrons. The predicted molar refractivity (Wildman–Crippen MR) is 110 cm³/mol. The van der Waals surface area contributed by atoms with Crippen LogP contribution in [0.4, 0.5) is 5.82 Å². The van der Waals surface area contributed by atoms with Gasteiger partial charge in [0.05, 0.1) is 17.0 Å². The summed E-state index contributed by atoms with van der Waals surface area (Å²) in [6.45, 7) is 1.77. The van der Waals surface area contributed by atoms with Crippen molar-refractivity contribution in [1.29, 1.82) is 0 Å². The Balaban J connectivity index is 1.44. The SMILES string of the molecule is COc1ccc(S(=O)(=O)N2CCN(c3ccc(-n4cccc4)nn3)CC2)cc1Cl. The minimum atomic E-state index is -3.62. The van der Waals surface area contributed by atoms with E-state index < -0.39 is 10.0 Å². The Morgan fingerprint density at radius 1 is 0.966 bits per heavy atom. The zero-order valence-electron chi connectivity index (χ0n) is 15.8. The summed E-state index contributed by atoms with van der Waals surface area (Å²) < 4.78 is 34.3. The molecule has 3 aromatic rings. The lowest BCUT2D eigenvalue weighted by Crippen LogP contribution is -2.49. The standard InChI is InChI=1S/C19H20ClN5O3S/c1-28-17-5-4-15(14-16(17)20)29(26,27)25-12-10-24(11-13-25)19-7-6-18(21-22-19)23-8-2-3-9-23/h2-9,14H,10-13H2,1H3. The number of benzene rings is 1. The monoisotopic (exact) mass is 433 g/mol. The molecule has 1 aliphatic heterocycles. The van der Waals surface area contributed by atoms with Gasteiger partial charge in [-0.05, 0) is 42.5 Å². The van der Waals surface area contributed by atoms with Crippen LogP contribution in [0.2, 0.25) is 5.02 Å². The van der Waals surface area contributed by atoms with E-state index in [1.807, 2.05) is 46.1 Å². The van der Waals surface area contributed by atoms with Crippen LogP contribution in [0, 0.1) is 0 Å². The summed E-state index contributed by atoms with van der Waals surface area (Å²) in [6.07, 6.45) is 3.80. The maximum Gasteiger partial charge on any atom is 0.243 e. The quantitative estimate of drug-likeness (QED) is 0.614. The molecule has 0 spiro atoms. The van der Waals surface area contributed by atoms with E-state index in [0.717, 1.165) is 11.6 Å². The molecule has 152 valence electrons. The van der Waals surface area contributed by atoms with Crippen LogP contribution in [0.3, 0.4) is 0 Å². The number of hydrogen-bond acceptors (Lipinski definition) is 6. The minimum absolute atomic E-state index is 0.160. The van der Waals surface area contributed by atoms with E-state index in [9.17, 15) is 8.42 Å². The lowest BCUT2D eigenvalue weighted by atomic mass is 10.3. The van der Waals surface area contributed by atoms with Crippen LogP contribution in [-0.4, -0.2) is 60.8 Å². The Morgan fingerprint density at radius 3 is 2.21 bits per heavy atom. The lowest BCUT2D eigenvalue weighted by molar-refractivity contribution is 0.383. The number of methoxy groups -OCH3 is 1. The van der Waals surface area contributed by atoms with Crippen LogP contribution in [0.25, 0.3) is 5.82 Å². The van der Waals surface area contributed by atoms with Crippen LogP contribution < -0.4 is 9.64 Å². The summed E-state index contributed by atoms with van der Waals surface area (Å²) in [6, 6.07) is 12.1. The number of halogens is 1. The molecule has 0 amide bonds. The molecular formula is C19H20ClN5O3S. The van der Waals surface area contributed by atoms with Crippen molar-refractivity contribution in [2.75, 3.05) is 38.2 Å². The Labute approximate surface area is 174 Å². The molecule has 3 heterocycles. The molecule has 4 rings (SSSR count). The first-order valence-electron chi connectivity index (χ1n) is 9.05. The molecule has 0 unspecified atom stereocenters. The minimum Gasteiger partial charge on any atom is -0.495 e. The molecule has 1 aromatic carbocycles. The molecule has 1 saturated heterocycles. The van der Waals surface area contributed by atoms with Gasteiger partial charge in [-0.1, -0.05) is 11.6 Å². The number of anilines is 1. The third-order valence-corrected chi connectivity index (χ3v) is 7.02. The first-order valence-corrected chi connectivity index (χ1v) is 10.9. The van der Waals surface area contributed by atoms with E-state index >= 15 is 0 Å². The number of piperazine rings is 1. The van der Waals surface area contributed by atoms with Gasteiger partial charge in [-0.15, -0.1) is 10.2 Å². The highest BCUT2D eigenvalue weighted by Crippen LogP contribution is 2.29. The van der Waals surface area contributed by atoms with E-state index in [0.29, 0.717) is 31.9 Å². The van der Waals surface area contributed by atoms with Gasteiger partial charge >= 0.3 is 0 Å². The van der Waals surface area contributed by atoms with Crippen LogP contribution in [-0.2, 0) is 10.0 Å². The average molecular weight is 434 g/mol. The van der Waals surface area contributed by atoms with Gasteiger partial charge in [0.2, 0.25) is 10.0 Å². The second-order valence-electron chi connectivity index (χ2n) is 6.53. The molecule has 0 N–H and O–H groups in total. The van der Waals surface area contributed by atoms with Gasteiger partial charge < -0.3 is 14.2 Å². The van der Waals surface area contributed by atoms with Gasteiger partial charge in [0.1, 0.15) is 5.75 Å². The molecular weight excluding hydrogens is 414 g/mol. The molecule has 10 heteroatoms. The summed E-state index contributed by atoms with van der Waals surface area (Å²) in [7, 11) is -2.14. The van der Waals surface area contributed by atoms with Gasteiger partial charge in [0.25, 0.3) is 0 Å². The van der Waals surface area contributed by atoms with E-state index in [4.69, 9.17) is 16.3 Å². The third kappa shape index (κ3) is 3.93. The lowest BCUT2D eigenvalue weighted by Gasteiger charge is -2.34. The summed E-state index contributed by atoms with van der Waals surface area (Å²) >= 11 is 6.09.